The van der Waals surface area contributed by atoms with Crippen molar-refractivity contribution < 1.29 is 19.8 Å². The van der Waals surface area contributed by atoms with Crippen molar-refractivity contribution in [2.75, 3.05) is 0 Å². The Labute approximate surface area is 86.1 Å². The van der Waals surface area contributed by atoms with Crippen molar-refractivity contribution in [2.45, 2.75) is 26.8 Å². The summed E-state index contributed by atoms with van der Waals surface area (Å²) >= 11 is 0. The van der Waals surface area contributed by atoms with Gasteiger partial charge in [-0.15, -0.1) is 0 Å². The quantitative estimate of drug-likeness (QED) is 0.774. The van der Waals surface area contributed by atoms with Crippen molar-refractivity contribution in [3.05, 3.63) is 17.0 Å². The Morgan fingerprint density at radius 1 is 1.33 bits per heavy atom. The van der Waals surface area contributed by atoms with Crippen LogP contribution in [0.1, 0.15) is 34.7 Å². The summed E-state index contributed by atoms with van der Waals surface area (Å²) in [5.41, 5.74) is 0.756. The first-order valence-corrected chi connectivity index (χ1v) is 4.38. The summed E-state index contributed by atoms with van der Waals surface area (Å²) < 4.78 is 1.21. The molecule has 0 bridgehead atoms. The molecule has 0 aliphatic rings. The molecule has 1 unspecified atom stereocenters. The van der Waals surface area contributed by atoms with E-state index in [1.165, 1.54) is 11.6 Å². The van der Waals surface area contributed by atoms with Crippen LogP contribution in [0.2, 0.25) is 0 Å². The lowest BCUT2D eigenvalue weighted by molar-refractivity contribution is -0.140. The monoisotopic (exact) mass is 212 g/mol. The first kappa shape index (κ1) is 11.2. The second-order valence-corrected chi connectivity index (χ2v) is 3.31. The molecule has 0 aromatic carbocycles. The standard InChI is InChI=1S/C9H12N2O4/c1-4-7(9(14)15)5(2)11(10-4)6(3)8(12)13/h6H,1-3H3,(H,12,13)(H,14,15). The van der Waals surface area contributed by atoms with Gasteiger partial charge in [-0.1, -0.05) is 0 Å². The molecular weight excluding hydrogens is 200 g/mol. The maximum Gasteiger partial charge on any atom is 0.339 e. The number of hydrogen-bond donors (Lipinski definition) is 2. The van der Waals surface area contributed by atoms with E-state index < -0.39 is 18.0 Å². The highest BCUT2D eigenvalue weighted by atomic mass is 16.4. The third-order valence-electron chi connectivity index (χ3n) is 2.26. The third kappa shape index (κ3) is 1.83. The Balaban J connectivity index is 3.29. The predicted molar refractivity (Wildman–Crippen MR) is 51.0 cm³/mol. The van der Waals surface area contributed by atoms with Gasteiger partial charge in [0.05, 0.1) is 11.4 Å². The molecule has 0 saturated carbocycles. The molecule has 1 heterocycles. The number of hydrogen-bond acceptors (Lipinski definition) is 3. The molecule has 1 rings (SSSR count). The smallest absolute Gasteiger partial charge is 0.339 e. The summed E-state index contributed by atoms with van der Waals surface area (Å²) in [4.78, 5) is 21.6. The lowest BCUT2D eigenvalue weighted by Crippen LogP contribution is -2.18. The van der Waals surface area contributed by atoms with E-state index in [2.05, 4.69) is 5.10 Å². The molecule has 1 atom stereocenters. The van der Waals surface area contributed by atoms with Gasteiger partial charge in [0.1, 0.15) is 11.6 Å². The lowest BCUT2D eigenvalue weighted by Gasteiger charge is -2.08. The average Bonchev–Trinajstić information content (AvgIpc) is 2.40. The van der Waals surface area contributed by atoms with Crippen molar-refractivity contribution in [1.82, 2.24) is 9.78 Å². The van der Waals surface area contributed by atoms with Crippen molar-refractivity contribution in [1.29, 1.82) is 0 Å². The Hall–Kier alpha value is -1.85. The number of carbonyl (C=O) groups is 2. The molecule has 6 nitrogen and oxygen atoms in total. The third-order valence-corrected chi connectivity index (χ3v) is 2.26. The van der Waals surface area contributed by atoms with Crippen LogP contribution in [-0.2, 0) is 4.79 Å². The second-order valence-electron chi connectivity index (χ2n) is 3.31. The van der Waals surface area contributed by atoms with Gasteiger partial charge in [0, 0.05) is 0 Å². The van der Waals surface area contributed by atoms with E-state index in [-0.39, 0.29) is 5.56 Å². The number of rotatable bonds is 3. The van der Waals surface area contributed by atoms with Crippen LogP contribution in [-0.4, -0.2) is 31.9 Å². The summed E-state index contributed by atoms with van der Waals surface area (Å²) in [7, 11) is 0. The highest BCUT2D eigenvalue weighted by Gasteiger charge is 2.23. The van der Waals surface area contributed by atoms with E-state index >= 15 is 0 Å². The first-order chi connectivity index (χ1) is 6.86. The fraction of sp³-hybridized carbons (Fsp3) is 0.444. The van der Waals surface area contributed by atoms with E-state index in [4.69, 9.17) is 10.2 Å². The largest absolute Gasteiger partial charge is 0.480 e. The van der Waals surface area contributed by atoms with E-state index in [0.29, 0.717) is 11.4 Å². The van der Waals surface area contributed by atoms with Gasteiger partial charge in [0.15, 0.2) is 0 Å². The van der Waals surface area contributed by atoms with Gasteiger partial charge in [-0.2, -0.15) is 5.10 Å². The summed E-state index contributed by atoms with van der Waals surface area (Å²) in [6, 6.07) is -0.864. The van der Waals surface area contributed by atoms with E-state index in [0.717, 1.165) is 0 Å². The molecule has 6 heteroatoms. The number of carboxylic acids is 2. The topological polar surface area (TPSA) is 92.4 Å². The number of aromatic carboxylic acids is 1. The zero-order chi connectivity index (χ0) is 11.7. The highest BCUT2D eigenvalue weighted by molar-refractivity contribution is 5.90. The summed E-state index contributed by atoms with van der Waals surface area (Å²) in [5, 5.41) is 21.6. The molecule has 2 N–H and O–H groups in total. The SMILES string of the molecule is Cc1nn(C(C)C(=O)O)c(C)c1C(=O)O. The Morgan fingerprint density at radius 3 is 2.20 bits per heavy atom. The van der Waals surface area contributed by atoms with Crippen LogP contribution < -0.4 is 0 Å². The van der Waals surface area contributed by atoms with E-state index in [9.17, 15) is 9.59 Å². The minimum absolute atomic E-state index is 0.0723. The number of carboxylic acid groups (broad SMARTS) is 2. The van der Waals surface area contributed by atoms with Gasteiger partial charge in [0.2, 0.25) is 0 Å². The normalized spacial score (nSPS) is 12.5. The number of aromatic nitrogens is 2. The molecule has 0 fully saturated rings. The number of aliphatic carboxylic acids is 1. The first-order valence-electron chi connectivity index (χ1n) is 4.38. The van der Waals surface area contributed by atoms with Crippen LogP contribution in [0.3, 0.4) is 0 Å². The van der Waals surface area contributed by atoms with Crippen LogP contribution in [0, 0.1) is 13.8 Å². The van der Waals surface area contributed by atoms with Crippen LogP contribution in [0.4, 0.5) is 0 Å². The second kappa shape index (κ2) is 3.72. The van der Waals surface area contributed by atoms with Crippen LogP contribution in [0.25, 0.3) is 0 Å². The zero-order valence-corrected chi connectivity index (χ0v) is 8.68. The van der Waals surface area contributed by atoms with Crippen molar-refractivity contribution in [2.24, 2.45) is 0 Å². The maximum absolute atomic E-state index is 10.8. The molecule has 0 radical (unpaired) electrons. The minimum atomic E-state index is -1.09. The van der Waals surface area contributed by atoms with Crippen LogP contribution in [0.5, 0.6) is 0 Å². The van der Waals surface area contributed by atoms with E-state index in [1.54, 1.807) is 13.8 Å². The number of nitrogens with zero attached hydrogens (tertiary/aromatic N) is 2. The molecule has 0 spiro atoms. The van der Waals surface area contributed by atoms with Gasteiger partial charge in [-0.25, -0.2) is 9.59 Å². The Kier molecular flexibility index (Phi) is 2.78. The van der Waals surface area contributed by atoms with Crippen molar-refractivity contribution >= 4 is 11.9 Å². The molecule has 0 aliphatic carbocycles. The van der Waals surface area contributed by atoms with Gasteiger partial charge in [0.25, 0.3) is 0 Å². The minimum Gasteiger partial charge on any atom is -0.480 e. The number of aryl methyl sites for hydroxylation is 1. The molecule has 0 saturated heterocycles. The van der Waals surface area contributed by atoms with Crippen molar-refractivity contribution in [3.63, 3.8) is 0 Å². The molecule has 15 heavy (non-hydrogen) atoms. The van der Waals surface area contributed by atoms with Gasteiger partial charge < -0.3 is 10.2 Å². The molecule has 1 aromatic rings. The van der Waals surface area contributed by atoms with Gasteiger partial charge in [-0.05, 0) is 20.8 Å². The summed E-state index contributed by atoms with van der Waals surface area (Å²) in [6.45, 7) is 4.54. The molecule has 82 valence electrons. The van der Waals surface area contributed by atoms with E-state index in [1.807, 2.05) is 0 Å². The van der Waals surface area contributed by atoms with Crippen LogP contribution in [0.15, 0.2) is 0 Å². The highest BCUT2D eigenvalue weighted by Crippen LogP contribution is 2.17. The van der Waals surface area contributed by atoms with Gasteiger partial charge in [-0.3, -0.25) is 4.68 Å². The molecule has 0 aliphatic heterocycles. The van der Waals surface area contributed by atoms with Gasteiger partial charge >= 0.3 is 11.9 Å². The van der Waals surface area contributed by atoms with Crippen LogP contribution >= 0.6 is 0 Å². The zero-order valence-electron chi connectivity index (χ0n) is 8.68. The Morgan fingerprint density at radius 2 is 1.87 bits per heavy atom. The molecular formula is C9H12N2O4. The summed E-state index contributed by atoms with van der Waals surface area (Å²) in [5.74, 6) is -2.13. The summed E-state index contributed by atoms with van der Waals surface area (Å²) in [6.07, 6.45) is 0. The molecule has 1 aromatic heterocycles. The maximum atomic E-state index is 10.8. The fourth-order valence-electron chi connectivity index (χ4n) is 1.45. The predicted octanol–water partition coefficient (Wildman–Crippen LogP) is 0.844. The lowest BCUT2D eigenvalue weighted by atomic mass is 10.2. The fourth-order valence-corrected chi connectivity index (χ4v) is 1.45. The van der Waals surface area contributed by atoms with Crippen molar-refractivity contribution in [3.8, 4) is 0 Å². The average molecular weight is 212 g/mol. The Bertz CT molecular complexity index is 422. The molecule has 0 amide bonds.